The lowest BCUT2D eigenvalue weighted by Crippen LogP contribution is -2.59. The number of nitrogen functional groups attached to an aromatic ring is 1. The predicted octanol–water partition coefficient (Wildman–Crippen LogP) is 1.97. The number of hydrogen-bond acceptors (Lipinski definition) is 12. The van der Waals surface area contributed by atoms with Gasteiger partial charge in [-0.2, -0.15) is 9.97 Å². The van der Waals surface area contributed by atoms with Crippen LogP contribution in [-0.4, -0.2) is 83.9 Å². The number of rotatable bonds is 14. The number of halogens is 1. The number of hydrogen-bond donors (Lipinski definition) is 5. The molecule has 0 spiro atoms. The van der Waals surface area contributed by atoms with Crippen LogP contribution in [0.4, 0.5) is 5.95 Å². The fourth-order valence-electron chi connectivity index (χ4n) is 4.26. The minimum absolute atomic E-state index is 0.146. The van der Waals surface area contributed by atoms with Crippen LogP contribution in [0.1, 0.15) is 43.4 Å². The Labute approximate surface area is 232 Å². The molecule has 6 N–H and O–H groups in total. The lowest BCUT2D eigenvalue weighted by atomic mass is 9.99. The fraction of sp³-hybridized carbons (Fsp3) is 0.625. The summed E-state index contributed by atoms with van der Waals surface area (Å²) in [4.78, 5) is 14.1. The molecule has 3 aromatic rings. The van der Waals surface area contributed by atoms with Crippen molar-refractivity contribution in [1.82, 2.24) is 19.5 Å². The Morgan fingerprint density at radius 1 is 1.05 bits per heavy atom. The molecule has 3 aromatic heterocycles. The van der Waals surface area contributed by atoms with Crippen molar-refractivity contribution in [2.45, 2.75) is 82.4 Å². The van der Waals surface area contributed by atoms with Gasteiger partial charge in [-0.05, 0) is 34.8 Å². The number of aliphatic hydroxyl groups excluding tert-OH is 4. The number of nitrogens with two attached hydrogens (primary N) is 1. The van der Waals surface area contributed by atoms with Crippen molar-refractivity contribution in [3.63, 3.8) is 0 Å². The van der Waals surface area contributed by atoms with Crippen molar-refractivity contribution in [2.75, 3.05) is 18.9 Å². The number of fused-ring (bicyclic) bond motifs is 1. The first-order valence-electron chi connectivity index (χ1n) is 12.6. The van der Waals surface area contributed by atoms with E-state index in [0.29, 0.717) is 30.3 Å². The second-order valence-corrected chi connectivity index (χ2v) is 11.1. The van der Waals surface area contributed by atoms with E-state index in [1.165, 1.54) is 0 Å². The van der Waals surface area contributed by atoms with E-state index in [0.717, 1.165) is 54.4 Å². The highest BCUT2D eigenvalue weighted by Gasteiger charge is 2.43. The van der Waals surface area contributed by atoms with E-state index in [1.54, 1.807) is 17.7 Å². The first-order chi connectivity index (χ1) is 18.4. The van der Waals surface area contributed by atoms with Crippen molar-refractivity contribution in [3.05, 3.63) is 27.1 Å². The number of aryl methyl sites for hydroxylation is 1. The third-order valence-electron chi connectivity index (χ3n) is 6.35. The van der Waals surface area contributed by atoms with E-state index in [4.69, 9.17) is 19.9 Å². The van der Waals surface area contributed by atoms with Crippen molar-refractivity contribution in [1.29, 1.82) is 0 Å². The first kappa shape index (κ1) is 29.1. The summed E-state index contributed by atoms with van der Waals surface area (Å²) in [6.07, 6.45) is 1.31. The predicted molar refractivity (Wildman–Crippen MR) is 144 cm³/mol. The smallest absolute Gasteiger partial charge is 0.247 e. The van der Waals surface area contributed by atoms with Crippen LogP contribution >= 0.6 is 27.3 Å². The molecular formula is C24H34BrN5O7S. The Hall–Kier alpha value is -1.91. The number of thiophene rings is 1. The molecule has 0 aliphatic carbocycles. The average molecular weight is 617 g/mol. The van der Waals surface area contributed by atoms with Gasteiger partial charge in [0.05, 0.1) is 12.9 Å². The van der Waals surface area contributed by atoms with Crippen LogP contribution < -0.4 is 10.5 Å². The molecule has 14 heteroatoms. The minimum atomic E-state index is -1.42. The van der Waals surface area contributed by atoms with Crippen LogP contribution in [0, 0.1) is 0 Å². The maximum absolute atomic E-state index is 10.00. The number of imidazole rings is 1. The summed E-state index contributed by atoms with van der Waals surface area (Å²) in [5, 5.41) is 40.9. The molecule has 4 heterocycles. The molecule has 0 bridgehead atoms. The molecule has 5 atom stereocenters. The van der Waals surface area contributed by atoms with E-state index in [2.05, 4.69) is 30.9 Å². The molecule has 1 saturated heterocycles. The van der Waals surface area contributed by atoms with Crippen molar-refractivity contribution < 1.29 is 34.6 Å². The number of nitrogens with zero attached hydrogens (tertiary/aromatic N) is 4. The second-order valence-electron chi connectivity index (χ2n) is 9.21. The van der Waals surface area contributed by atoms with Crippen LogP contribution in [0.2, 0.25) is 0 Å². The van der Waals surface area contributed by atoms with Crippen molar-refractivity contribution >= 4 is 44.4 Å². The molecule has 0 radical (unpaired) electrons. The zero-order valence-corrected chi connectivity index (χ0v) is 23.3. The Balaban J connectivity index is 1.14. The topological polar surface area (TPSA) is 178 Å². The number of aromatic nitrogens is 4. The third kappa shape index (κ3) is 7.39. The quantitative estimate of drug-likeness (QED) is 0.167. The summed E-state index contributed by atoms with van der Waals surface area (Å²) < 4.78 is 19.7. The van der Waals surface area contributed by atoms with E-state index >= 15 is 0 Å². The molecular weight excluding hydrogens is 582 g/mol. The summed E-state index contributed by atoms with van der Waals surface area (Å²) in [6.45, 7) is 1.01. The molecule has 0 aromatic carbocycles. The molecule has 210 valence electrons. The highest BCUT2D eigenvalue weighted by molar-refractivity contribution is 9.10. The molecule has 0 unspecified atom stereocenters. The van der Waals surface area contributed by atoms with Crippen molar-refractivity contribution in [3.8, 4) is 5.88 Å². The van der Waals surface area contributed by atoms with Crippen LogP contribution in [0.3, 0.4) is 0 Å². The van der Waals surface area contributed by atoms with Crippen LogP contribution in [0.15, 0.2) is 22.2 Å². The second kappa shape index (κ2) is 13.9. The summed E-state index contributed by atoms with van der Waals surface area (Å²) in [7, 11) is 0. The van der Waals surface area contributed by atoms with Gasteiger partial charge in [0.1, 0.15) is 31.0 Å². The molecule has 0 amide bonds. The molecule has 1 aliphatic rings. The molecule has 0 saturated carbocycles. The van der Waals surface area contributed by atoms with Crippen molar-refractivity contribution in [2.24, 2.45) is 0 Å². The Bertz CT molecular complexity index is 1160. The van der Waals surface area contributed by atoms with Gasteiger partial charge in [-0.15, -0.1) is 11.3 Å². The van der Waals surface area contributed by atoms with Crippen LogP contribution in [-0.2, 0) is 22.6 Å². The van der Waals surface area contributed by atoms with Crippen LogP contribution in [0.5, 0.6) is 5.88 Å². The Morgan fingerprint density at radius 3 is 2.55 bits per heavy atom. The number of unbranched alkanes of at least 4 members (excludes halogenated alkanes) is 5. The van der Waals surface area contributed by atoms with E-state index < -0.39 is 37.3 Å². The highest BCUT2D eigenvalue weighted by atomic mass is 79.9. The standard InChI is InChI=1S/C24H34BrN5O7S/c25-14-9-15(38-12-14)11-36-22-17-21(28-24(26)29-22)30(13-27-17)7-5-3-1-2-4-6-8-35-23-20(34)19(33)18(32)16(10-31)37-23/h9,12-13,16,18-20,23,31-34H,1-8,10-11H2,(H2,26,28,29)/t16-,18+,19+,20+,23+/m0/s1. The maximum Gasteiger partial charge on any atom is 0.247 e. The zero-order chi connectivity index (χ0) is 27.1. The van der Waals surface area contributed by atoms with E-state index in [-0.39, 0.29) is 5.95 Å². The number of anilines is 1. The van der Waals surface area contributed by atoms with Gasteiger partial charge >= 0.3 is 0 Å². The summed E-state index contributed by atoms with van der Waals surface area (Å²) >= 11 is 5.03. The van der Waals surface area contributed by atoms with Gasteiger partial charge in [-0.25, -0.2) is 4.98 Å². The molecule has 12 nitrogen and oxygen atoms in total. The SMILES string of the molecule is Nc1nc(OCc2cc(Br)cs2)c2ncn(CCCCCCCCO[C@@H]3O[C@@H](CO)[C@@H](O)[C@@H](O)[C@H]3O)c2n1. The number of aliphatic hydroxyl groups is 4. The lowest BCUT2D eigenvalue weighted by molar-refractivity contribution is -0.301. The van der Waals surface area contributed by atoms with Gasteiger partial charge in [0.15, 0.2) is 17.5 Å². The monoisotopic (exact) mass is 615 g/mol. The minimum Gasteiger partial charge on any atom is -0.470 e. The average Bonchev–Trinajstić information content (AvgIpc) is 3.51. The van der Waals surface area contributed by atoms with E-state index in [1.807, 2.05) is 16.0 Å². The summed E-state index contributed by atoms with van der Waals surface area (Å²) in [5.41, 5.74) is 7.18. The fourth-order valence-corrected chi connectivity index (χ4v) is 5.63. The molecule has 1 aliphatic heterocycles. The largest absolute Gasteiger partial charge is 0.470 e. The lowest BCUT2D eigenvalue weighted by Gasteiger charge is -2.39. The third-order valence-corrected chi connectivity index (χ3v) is 8.02. The van der Waals surface area contributed by atoms with Gasteiger partial charge in [0.2, 0.25) is 11.8 Å². The van der Waals surface area contributed by atoms with Crippen LogP contribution in [0.25, 0.3) is 11.2 Å². The molecule has 1 fully saturated rings. The van der Waals surface area contributed by atoms with Gasteiger partial charge in [-0.3, -0.25) is 0 Å². The Kier molecular flexibility index (Phi) is 10.7. The maximum atomic E-state index is 10.00. The molecule has 4 rings (SSSR count). The molecule has 38 heavy (non-hydrogen) atoms. The van der Waals surface area contributed by atoms with Gasteiger partial charge in [-0.1, -0.05) is 25.7 Å². The van der Waals surface area contributed by atoms with E-state index in [9.17, 15) is 20.4 Å². The number of ether oxygens (including phenoxy) is 3. The normalized spacial score (nSPS) is 23.8. The van der Waals surface area contributed by atoms with Gasteiger partial charge in [0, 0.05) is 27.9 Å². The zero-order valence-electron chi connectivity index (χ0n) is 20.9. The van der Waals surface area contributed by atoms with Gasteiger partial charge < -0.3 is 44.9 Å². The van der Waals surface area contributed by atoms with Gasteiger partial charge in [0.25, 0.3) is 0 Å². The highest BCUT2D eigenvalue weighted by Crippen LogP contribution is 2.26. The first-order valence-corrected chi connectivity index (χ1v) is 14.3. The Morgan fingerprint density at radius 2 is 1.82 bits per heavy atom. The summed E-state index contributed by atoms with van der Waals surface area (Å²) in [6, 6.07) is 2.00. The summed E-state index contributed by atoms with van der Waals surface area (Å²) in [5.74, 6) is 0.522.